The number of rotatable bonds is 6. The predicted molar refractivity (Wildman–Crippen MR) is 124 cm³/mol. The lowest BCUT2D eigenvalue weighted by molar-refractivity contribution is -0.134. The van der Waals surface area contributed by atoms with Gasteiger partial charge in [0.05, 0.1) is 7.11 Å². The fourth-order valence-electron chi connectivity index (χ4n) is 3.57. The van der Waals surface area contributed by atoms with Crippen molar-refractivity contribution in [3.63, 3.8) is 0 Å². The topological polar surface area (TPSA) is 26.3 Å². The van der Waals surface area contributed by atoms with E-state index >= 15 is 0 Å². The molecule has 1 fully saturated rings. The average molecular weight is 425 g/mol. The molecule has 1 saturated carbocycles. The number of carbonyl (C=O) groups excluding carboxylic acids is 1. The molecule has 2 atom stereocenters. The first-order valence-corrected chi connectivity index (χ1v) is 11.7. The standard InChI is InChI=1S/C25H28O2S2/c1-4-20-6-5-7-24(18(20)2)29-23-15-13-22(14-16-23)28-21-11-8-19(9-12-21)10-17-25(26)27-3/h4,8-18,24H,5-7H2,1-3H3/b17-10+,20-4?. The summed E-state index contributed by atoms with van der Waals surface area (Å²) in [6.45, 7) is 4.55. The van der Waals surface area contributed by atoms with Crippen LogP contribution in [0.1, 0.15) is 38.7 Å². The lowest BCUT2D eigenvalue weighted by Crippen LogP contribution is -2.21. The van der Waals surface area contributed by atoms with Gasteiger partial charge in [-0.15, -0.1) is 11.8 Å². The normalized spacial score (nSPS) is 20.9. The predicted octanol–water partition coefficient (Wildman–Crippen LogP) is 7.25. The minimum Gasteiger partial charge on any atom is -0.466 e. The van der Waals surface area contributed by atoms with Crippen LogP contribution in [0.4, 0.5) is 0 Å². The third-order valence-corrected chi connectivity index (χ3v) is 7.81. The number of ether oxygens (including phenoxy) is 1. The first kappa shape index (κ1) is 21.8. The van der Waals surface area contributed by atoms with Crippen molar-refractivity contribution in [2.45, 2.75) is 53.0 Å². The van der Waals surface area contributed by atoms with E-state index in [-0.39, 0.29) is 5.97 Å². The van der Waals surface area contributed by atoms with E-state index < -0.39 is 0 Å². The van der Waals surface area contributed by atoms with Crippen LogP contribution < -0.4 is 0 Å². The largest absolute Gasteiger partial charge is 0.466 e. The van der Waals surface area contributed by atoms with Crippen LogP contribution in [-0.4, -0.2) is 18.3 Å². The Bertz CT molecular complexity index is 867. The summed E-state index contributed by atoms with van der Waals surface area (Å²) < 4.78 is 4.61. The van der Waals surface area contributed by atoms with Gasteiger partial charge in [0.1, 0.15) is 0 Å². The summed E-state index contributed by atoms with van der Waals surface area (Å²) in [4.78, 5) is 14.9. The Morgan fingerprint density at radius 2 is 1.66 bits per heavy atom. The van der Waals surface area contributed by atoms with Crippen LogP contribution in [-0.2, 0) is 9.53 Å². The number of methoxy groups -OCH3 is 1. The van der Waals surface area contributed by atoms with Gasteiger partial charge in [-0.1, -0.05) is 42.5 Å². The maximum Gasteiger partial charge on any atom is 0.330 e. The van der Waals surface area contributed by atoms with E-state index in [0.29, 0.717) is 11.2 Å². The van der Waals surface area contributed by atoms with Crippen LogP contribution in [0, 0.1) is 5.92 Å². The van der Waals surface area contributed by atoms with E-state index in [1.54, 1.807) is 23.4 Å². The molecule has 3 rings (SSSR count). The quantitative estimate of drug-likeness (QED) is 0.277. The summed E-state index contributed by atoms with van der Waals surface area (Å²) in [6.07, 6.45) is 9.38. The molecular weight excluding hydrogens is 396 g/mol. The number of esters is 1. The van der Waals surface area contributed by atoms with Gasteiger partial charge in [-0.3, -0.25) is 0 Å². The van der Waals surface area contributed by atoms with E-state index in [1.165, 1.54) is 47.1 Å². The average Bonchev–Trinajstić information content (AvgIpc) is 2.75. The Hall–Kier alpha value is -1.91. The summed E-state index contributed by atoms with van der Waals surface area (Å²) in [5, 5.41) is 0.680. The second-order valence-electron chi connectivity index (χ2n) is 7.20. The highest BCUT2D eigenvalue weighted by Gasteiger charge is 2.25. The fraction of sp³-hybridized carbons (Fsp3) is 0.320. The molecule has 29 heavy (non-hydrogen) atoms. The van der Waals surface area contributed by atoms with Crippen molar-refractivity contribution in [1.82, 2.24) is 0 Å². The van der Waals surface area contributed by atoms with E-state index in [2.05, 4.69) is 61.1 Å². The van der Waals surface area contributed by atoms with Gasteiger partial charge in [0.25, 0.3) is 0 Å². The van der Waals surface area contributed by atoms with Gasteiger partial charge in [-0.05, 0) is 80.1 Å². The Balaban J connectivity index is 1.58. The number of thioether (sulfide) groups is 1. The monoisotopic (exact) mass is 424 g/mol. The molecule has 2 nitrogen and oxygen atoms in total. The minimum atomic E-state index is -0.342. The van der Waals surface area contributed by atoms with E-state index in [0.717, 1.165) is 5.56 Å². The van der Waals surface area contributed by atoms with Crippen LogP contribution in [0.15, 0.2) is 80.9 Å². The van der Waals surface area contributed by atoms with E-state index in [9.17, 15) is 4.79 Å². The van der Waals surface area contributed by atoms with Crippen molar-refractivity contribution >= 4 is 35.6 Å². The molecule has 0 aliphatic heterocycles. The van der Waals surface area contributed by atoms with E-state index in [1.807, 2.05) is 23.9 Å². The smallest absolute Gasteiger partial charge is 0.330 e. The summed E-state index contributed by atoms with van der Waals surface area (Å²) in [5.74, 6) is 0.325. The van der Waals surface area contributed by atoms with Crippen molar-refractivity contribution in [3.8, 4) is 0 Å². The van der Waals surface area contributed by atoms with Crippen LogP contribution in [0.3, 0.4) is 0 Å². The second-order valence-corrected chi connectivity index (χ2v) is 9.66. The Kier molecular flexibility index (Phi) is 8.08. The van der Waals surface area contributed by atoms with Crippen molar-refractivity contribution < 1.29 is 9.53 Å². The Morgan fingerprint density at radius 3 is 2.28 bits per heavy atom. The molecule has 2 aromatic rings. The van der Waals surface area contributed by atoms with Crippen LogP contribution >= 0.6 is 23.5 Å². The molecule has 0 heterocycles. The van der Waals surface area contributed by atoms with Gasteiger partial charge in [0.15, 0.2) is 0 Å². The molecule has 152 valence electrons. The van der Waals surface area contributed by atoms with Crippen molar-refractivity contribution in [1.29, 1.82) is 0 Å². The lowest BCUT2D eigenvalue weighted by atomic mass is 9.85. The summed E-state index contributed by atoms with van der Waals surface area (Å²) in [6, 6.07) is 17.1. The molecular formula is C25H28O2S2. The summed E-state index contributed by atoms with van der Waals surface area (Å²) in [7, 11) is 1.38. The van der Waals surface area contributed by atoms with Gasteiger partial charge in [-0.25, -0.2) is 4.79 Å². The van der Waals surface area contributed by atoms with Gasteiger partial charge in [-0.2, -0.15) is 0 Å². The zero-order valence-electron chi connectivity index (χ0n) is 17.3. The highest BCUT2D eigenvalue weighted by atomic mass is 32.2. The first-order valence-electron chi connectivity index (χ1n) is 10.0. The number of carbonyl (C=O) groups is 1. The molecule has 0 spiro atoms. The third-order valence-electron chi connectivity index (χ3n) is 5.31. The lowest BCUT2D eigenvalue weighted by Gasteiger charge is -2.31. The van der Waals surface area contributed by atoms with Crippen molar-refractivity contribution in [2.24, 2.45) is 5.92 Å². The highest BCUT2D eigenvalue weighted by Crippen LogP contribution is 2.40. The molecule has 1 aliphatic rings. The van der Waals surface area contributed by atoms with Gasteiger partial charge in [0.2, 0.25) is 0 Å². The molecule has 4 heteroatoms. The van der Waals surface area contributed by atoms with Gasteiger partial charge < -0.3 is 4.74 Å². The molecule has 0 aromatic heterocycles. The van der Waals surface area contributed by atoms with E-state index in [4.69, 9.17) is 0 Å². The number of allylic oxidation sites excluding steroid dienone is 2. The molecule has 1 aliphatic carbocycles. The van der Waals surface area contributed by atoms with Crippen molar-refractivity contribution in [2.75, 3.05) is 7.11 Å². The second kappa shape index (κ2) is 10.7. The molecule has 2 unspecified atom stereocenters. The number of hydrogen-bond donors (Lipinski definition) is 0. The van der Waals surface area contributed by atoms with Crippen LogP contribution in [0.5, 0.6) is 0 Å². The molecule has 0 radical (unpaired) electrons. The number of benzene rings is 2. The first-order chi connectivity index (χ1) is 14.1. The summed E-state index contributed by atoms with van der Waals surface area (Å²) >= 11 is 3.77. The zero-order chi connectivity index (χ0) is 20.6. The zero-order valence-corrected chi connectivity index (χ0v) is 18.9. The van der Waals surface area contributed by atoms with Gasteiger partial charge in [0, 0.05) is 26.0 Å². The highest BCUT2D eigenvalue weighted by molar-refractivity contribution is 8.00. The SMILES string of the molecule is CC=C1CCCC(Sc2ccc(Sc3ccc(/C=C/C(=O)OC)cc3)cc2)C1C. The third kappa shape index (κ3) is 6.28. The molecule has 0 N–H and O–H groups in total. The molecule has 0 bridgehead atoms. The molecule has 2 aromatic carbocycles. The van der Waals surface area contributed by atoms with Crippen LogP contribution in [0.2, 0.25) is 0 Å². The molecule has 0 saturated heterocycles. The minimum absolute atomic E-state index is 0.342. The maximum atomic E-state index is 11.2. The molecule has 0 amide bonds. The fourth-order valence-corrected chi connectivity index (χ4v) is 5.69. The maximum absolute atomic E-state index is 11.2. The number of hydrogen-bond acceptors (Lipinski definition) is 4. The Morgan fingerprint density at radius 1 is 1.03 bits per heavy atom. The summed E-state index contributed by atoms with van der Waals surface area (Å²) in [5.41, 5.74) is 2.60. The Labute approximate surface area is 182 Å². The van der Waals surface area contributed by atoms with Gasteiger partial charge >= 0.3 is 5.97 Å². The van der Waals surface area contributed by atoms with Crippen molar-refractivity contribution in [3.05, 3.63) is 71.8 Å². The van der Waals surface area contributed by atoms with Crippen LogP contribution in [0.25, 0.3) is 6.08 Å².